The summed E-state index contributed by atoms with van der Waals surface area (Å²) in [5.41, 5.74) is 1.31. The third-order valence-corrected chi connectivity index (χ3v) is 3.77. The van der Waals surface area contributed by atoms with Crippen LogP contribution < -0.4 is 14.8 Å². The first-order valence-corrected chi connectivity index (χ1v) is 7.72. The highest BCUT2D eigenvalue weighted by Crippen LogP contribution is 2.27. The van der Waals surface area contributed by atoms with Gasteiger partial charge in [0.05, 0.1) is 26.0 Å². The molecule has 1 atom stereocenters. The normalized spacial score (nSPS) is 11.6. The van der Waals surface area contributed by atoms with E-state index in [0.29, 0.717) is 30.0 Å². The molecule has 2 N–H and O–H groups in total. The third-order valence-electron chi connectivity index (χ3n) is 3.77. The lowest BCUT2D eigenvalue weighted by molar-refractivity contribution is -0.140. The van der Waals surface area contributed by atoms with Gasteiger partial charge in [-0.1, -0.05) is 6.07 Å². The molecule has 2 aromatic rings. The molecule has 8 heteroatoms. The molecule has 0 saturated carbocycles. The van der Waals surface area contributed by atoms with Crippen molar-refractivity contribution in [3.8, 4) is 11.5 Å². The Morgan fingerprint density at radius 1 is 1.28 bits per heavy atom. The van der Waals surface area contributed by atoms with Gasteiger partial charge in [-0.25, -0.2) is 4.79 Å². The number of methoxy groups -OCH3 is 2. The Balaban J connectivity index is 1.91. The van der Waals surface area contributed by atoms with Crippen LogP contribution in [0.5, 0.6) is 11.5 Å². The van der Waals surface area contributed by atoms with Crippen molar-refractivity contribution in [3.63, 3.8) is 0 Å². The van der Waals surface area contributed by atoms with E-state index in [1.54, 1.807) is 14.2 Å². The van der Waals surface area contributed by atoms with Crippen LogP contribution in [-0.4, -0.2) is 47.5 Å². The Labute approximate surface area is 145 Å². The zero-order chi connectivity index (χ0) is 18.4. The van der Waals surface area contributed by atoms with Crippen LogP contribution in [0.25, 0.3) is 0 Å². The molecular weight excluding hydrogens is 326 g/mol. The number of carbonyl (C=O) groups excluding carboxylic acids is 1. The van der Waals surface area contributed by atoms with Crippen LogP contribution in [0, 0.1) is 0 Å². The maximum absolute atomic E-state index is 12.1. The SMILES string of the molecule is COc1ccc(CCNC(=O)c2cnn(C(C)C(=O)O)c2)cc1OC. The van der Waals surface area contributed by atoms with Crippen LogP contribution in [0.3, 0.4) is 0 Å². The molecule has 134 valence electrons. The molecule has 0 fully saturated rings. The summed E-state index contributed by atoms with van der Waals surface area (Å²) in [6.45, 7) is 1.92. The predicted molar refractivity (Wildman–Crippen MR) is 90.2 cm³/mol. The van der Waals surface area contributed by atoms with Gasteiger partial charge >= 0.3 is 5.97 Å². The number of benzene rings is 1. The first kappa shape index (κ1) is 18.3. The lowest BCUT2D eigenvalue weighted by atomic mass is 10.1. The second kappa shape index (κ2) is 8.18. The topological polar surface area (TPSA) is 103 Å². The van der Waals surface area contributed by atoms with Gasteiger partial charge < -0.3 is 19.9 Å². The second-order valence-electron chi connectivity index (χ2n) is 5.42. The van der Waals surface area contributed by atoms with Crippen LogP contribution in [0.2, 0.25) is 0 Å². The maximum atomic E-state index is 12.1. The summed E-state index contributed by atoms with van der Waals surface area (Å²) in [5.74, 6) is -0.0293. The molecule has 0 aliphatic carbocycles. The van der Waals surface area contributed by atoms with E-state index in [0.717, 1.165) is 5.56 Å². The van der Waals surface area contributed by atoms with E-state index in [1.807, 2.05) is 18.2 Å². The quantitative estimate of drug-likeness (QED) is 0.750. The molecule has 1 unspecified atom stereocenters. The fourth-order valence-corrected chi connectivity index (χ4v) is 2.24. The highest BCUT2D eigenvalue weighted by atomic mass is 16.5. The van der Waals surface area contributed by atoms with E-state index >= 15 is 0 Å². The van der Waals surface area contributed by atoms with Gasteiger partial charge in [0.2, 0.25) is 0 Å². The molecule has 0 aliphatic heterocycles. The number of nitrogens with one attached hydrogen (secondary N) is 1. The van der Waals surface area contributed by atoms with Gasteiger partial charge in [-0.3, -0.25) is 9.48 Å². The van der Waals surface area contributed by atoms with Crippen molar-refractivity contribution in [1.29, 1.82) is 0 Å². The van der Waals surface area contributed by atoms with Crippen molar-refractivity contribution in [2.24, 2.45) is 0 Å². The third kappa shape index (κ3) is 4.50. The zero-order valence-corrected chi connectivity index (χ0v) is 14.4. The van der Waals surface area contributed by atoms with Crippen LogP contribution in [0.4, 0.5) is 0 Å². The van der Waals surface area contributed by atoms with Gasteiger partial charge in [-0.2, -0.15) is 5.10 Å². The van der Waals surface area contributed by atoms with E-state index < -0.39 is 12.0 Å². The van der Waals surface area contributed by atoms with E-state index in [-0.39, 0.29) is 5.91 Å². The predicted octanol–water partition coefficient (Wildman–Crippen LogP) is 1.52. The number of rotatable bonds is 8. The lowest BCUT2D eigenvalue weighted by Crippen LogP contribution is -2.25. The molecule has 25 heavy (non-hydrogen) atoms. The van der Waals surface area contributed by atoms with Crippen LogP contribution in [0.1, 0.15) is 28.9 Å². The van der Waals surface area contributed by atoms with Crippen molar-refractivity contribution < 1.29 is 24.2 Å². The van der Waals surface area contributed by atoms with Gasteiger partial charge in [-0.15, -0.1) is 0 Å². The standard InChI is InChI=1S/C17H21N3O5/c1-11(17(22)23)20-10-13(9-19-20)16(21)18-7-6-12-4-5-14(24-2)15(8-12)25-3/h4-5,8-11H,6-7H2,1-3H3,(H,18,21)(H,22,23). The number of hydrogen-bond acceptors (Lipinski definition) is 5. The average molecular weight is 347 g/mol. The molecule has 0 bridgehead atoms. The van der Waals surface area contributed by atoms with E-state index in [4.69, 9.17) is 14.6 Å². The number of aliphatic carboxylic acids is 1. The first-order valence-electron chi connectivity index (χ1n) is 7.72. The summed E-state index contributed by atoms with van der Waals surface area (Å²) in [6, 6.07) is 4.75. The molecule has 0 radical (unpaired) electrons. The van der Waals surface area contributed by atoms with Gasteiger partial charge in [0.25, 0.3) is 5.91 Å². The largest absolute Gasteiger partial charge is 0.493 e. The Morgan fingerprint density at radius 3 is 2.64 bits per heavy atom. The Morgan fingerprint density at radius 2 is 2.00 bits per heavy atom. The minimum atomic E-state index is -1.01. The van der Waals surface area contributed by atoms with E-state index in [9.17, 15) is 9.59 Å². The molecule has 1 amide bonds. The number of hydrogen-bond donors (Lipinski definition) is 2. The summed E-state index contributed by atoms with van der Waals surface area (Å²) in [6.07, 6.45) is 3.39. The van der Waals surface area contributed by atoms with Gasteiger partial charge in [0.15, 0.2) is 11.5 Å². The van der Waals surface area contributed by atoms with Crippen molar-refractivity contribution in [3.05, 3.63) is 41.7 Å². The van der Waals surface area contributed by atoms with Crippen LogP contribution in [-0.2, 0) is 11.2 Å². The molecular formula is C17H21N3O5. The van der Waals surface area contributed by atoms with Gasteiger partial charge in [0, 0.05) is 12.7 Å². The van der Waals surface area contributed by atoms with Gasteiger partial charge in [0.1, 0.15) is 6.04 Å². The van der Waals surface area contributed by atoms with Crippen molar-refractivity contribution >= 4 is 11.9 Å². The molecule has 2 rings (SSSR count). The zero-order valence-electron chi connectivity index (χ0n) is 14.4. The van der Waals surface area contributed by atoms with E-state index in [2.05, 4.69) is 10.4 Å². The van der Waals surface area contributed by atoms with Crippen molar-refractivity contribution in [2.45, 2.75) is 19.4 Å². The summed E-state index contributed by atoms with van der Waals surface area (Å²) < 4.78 is 11.7. The number of carboxylic acid groups (broad SMARTS) is 1. The monoisotopic (exact) mass is 347 g/mol. The fourth-order valence-electron chi connectivity index (χ4n) is 2.24. The summed E-state index contributed by atoms with van der Waals surface area (Å²) in [5, 5.41) is 15.6. The van der Waals surface area contributed by atoms with Crippen LogP contribution in [0.15, 0.2) is 30.6 Å². The molecule has 1 aromatic carbocycles. The molecule has 1 heterocycles. The van der Waals surface area contributed by atoms with Crippen LogP contribution >= 0.6 is 0 Å². The minimum absolute atomic E-state index is 0.302. The fraction of sp³-hybridized carbons (Fsp3) is 0.353. The number of amides is 1. The highest BCUT2D eigenvalue weighted by Gasteiger charge is 2.16. The maximum Gasteiger partial charge on any atom is 0.328 e. The summed E-state index contributed by atoms with van der Waals surface area (Å²) >= 11 is 0. The number of aromatic nitrogens is 2. The molecule has 0 saturated heterocycles. The smallest absolute Gasteiger partial charge is 0.328 e. The van der Waals surface area contributed by atoms with Gasteiger partial charge in [-0.05, 0) is 31.0 Å². The van der Waals surface area contributed by atoms with Crippen molar-refractivity contribution in [1.82, 2.24) is 15.1 Å². The van der Waals surface area contributed by atoms with E-state index in [1.165, 1.54) is 24.0 Å². The summed E-state index contributed by atoms with van der Waals surface area (Å²) in [4.78, 5) is 23.0. The molecule has 8 nitrogen and oxygen atoms in total. The minimum Gasteiger partial charge on any atom is -0.493 e. The lowest BCUT2D eigenvalue weighted by Gasteiger charge is -2.10. The number of nitrogens with zero attached hydrogens (tertiary/aromatic N) is 2. The Hall–Kier alpha value is -3.03. The average Bonchev–Trinajstić information content (AvgIpc) is 3.10. The Kier molecular flexibility index (Phi) is 5.99. The second-order valence-corrected chi connectivity index (χ2v) is 5.42. The highest BCUT2D eigenvalue weighted by molar-refractivity contribution is 5.93. The molecule has 0 aliphatic rings. The number of carbonyl (C=O) groups is 2. The number of ether oxygens (including phenoxy) is 2. The summed E-state index contributed by atoms with van der Waals surface area (Å²) in [7, 11) is 3.14. The van der Waals surface area contributed by atoms with Crippen molar-refractivity contribution in [2.75, 3.05) is 20.8 Å². The first-order chi connectivity index (χ1) is 12.0. The molecule has 0 spiro atoms. The molecule has 1 aromatic heterocycles. The number of carboxylic acids is 1. The Bertz CT molecular complexity index is 756.